The van der Waals surface area contributed by atoms with Crippen molar-refractivity contribution in [3.63, 3.8) is 0 Å². The number of aromatic nitrogens is 2. The van der Waals surface area contributed by atoms with Crippen molar-refractivity contribution in [2.24, 2.45) is 5.92 Å². The van der Waals surface area contributed by atoms with E-state index in [1.165, 1.54) is 6.42 Å². The van der Waals surface area contributed by atoms with E-state index < -0.39 is 0 Å². The Kier molecular flexibility index (Phi) is 5.63. The zero-order valence-corrected chi connectivity index (χ0v) is 14.0. The lowest BCUT2D eigenvalue weighted by atomic mass is 9.93. The Morgan fingerprint density at radius 2 is 2.25 bits per heavy atom. The first-order valence-corrected chi connectivity index (χ1v) is 8.54. The minimum Gasteiger partial charge on any atom is -0.472 e. The number of nitrogens with one attached hydrogen (secondary N) is 1. The first-order chi connectivity index (χ1) is 11.8. The third-order valence-corrected chi connectivity index (χ3v) is 4.57. The molecule has 0 aliphatic carbocycles. The first kappa shape index (κ1) is 16.7. The minimum absolute atomic E-state index is 0.171. The number of carbonyl (C=O) groups excluding carboxylic acids is 1. The minimum atomic E-state index is 0.171. The van der Waals surface area contributed by atoms with Crippen LogP contribution in [-0.4, -0.2) is 47.6 Å². The van der Waals surface area contributed by atoms with Gasteiger partial charge >= 0.3 is 0 Å². The van der Waals surface area contributed by atoms with Crippen LogP contribution >= 0.6 is 0 Å². The highest BCUT2D eigenvalue weighted by atomic mass is 16.5. The Balaban J connectivity index is 1.43. The Morgan fingerprint density at radius 1 is 1.42 bits per heavy atom. The molecule has 1 aliphatic rings. The second kappa shape index (κ2) is 8.10. The second-order valence-electron chi connectivity index (χ2n) is 6.24. The van der Waals surface area contributed by atoms with Crippen molar-refractivity contribution in [3.05, 3.63) is 24.5 Å². The summed E-state index contributed by atoms with van der Waals surface area (Å²) in [5.41, 5.74) is 0.778. The summed E-state index contributed by atoms with van der Waals surface area (Å²) < 4.78 is 10.2. The molecule has 1 N–H and O–H groups in total. The molecule has 0 aromatic carbocycles. The number of amides is 1. The second-order valence-corrected chi connectivity index (χ2v) is 6.24. The zero-order valence-electron chi connectivity index (χ0n) is 14.0. The van der Waals surface area contributed by atoms with E-state index >= 15 is 0 Å². The number of hydrogen-bond donors (Lipinski definition) is 1. The van der Waals surface area contributed by atoms with E-state index in [2.05, 4.69) is 15.5 Å². The number of rotatable bonds is 7. The summed E-state index contributed by atoms with van der Waals surface area (Å²) in [6.07, 6.45) is 7.40. The van der Waals surface area contributed by atoms with Gasteiger partial charge in [-0.15, -0.1) is 0 Å². The molecule has 3 rings (SSSR count). The molecule has 2 aromatic rings. The Labute approximate surface area is 141 Å². The molecule has 0 saturated carbocycles. The standard InChI is InChI=1S/C17H24N4O3/c1-18-8-4-13-5-9-21(10-6-13)16(22)3-2-15-19-17(20-24-15)14-7-11-23-12-14/h7,11-13,18H,2-6,8-10H2,1H3. The van der Waals surface area contributed by atoms with Crippen LogP contribution in [0.15, 0.2) is 27.5 Å². The fourth-order valence-corrected chi connectivity index (χ4v) is 3.06. The highest BCUT2D eigenvalue weighted by Crippen LogP contribution is 2.21. The molecule has 1 saturated heterocycles. The third kappa shape index (κ3) is 4.23. The van der Waals surface area contributed by atoms with Gasteiger partial charge in [-0.25, -0.2) is 0 Å². The summed E-state index contributed by atoms with van der Waals surface area (Å²) >= 11 is 0. The van der Waals surface area contributed by atoms with Crippen molar-refractivity contribution in [3.8, 4) is 11.4 Å². The predicted octanol–water partition coefficient (Wildman–Crippen LogP) is 2.11. The molecular formula is C17H24N4O3. The smallest absolute Gasteiger partial charge is 0.227 e. The summed E-state index contributed by atoms with van der Waals surface area (Å²) in [5, 5.41) is 7.10. The van der Waals surface area contributed by atoms with Gasteiger partial charge in [0.25, 0.3) is 0 Å². The molecule has 1 fully saturated rings. The van der Waals surface area contributed by atoms with Crippen LogP contribution < -0.4 is 5.32 Å². The molecule has 0 atom stereocenters. The van der Waals surface area contributed by atoms with Gasteiger partial charge in [-0.3, -0.25) is 4.79 Å². The lowest BCUT2D eigenvalue weighted by molar-refractivity contribution is -0.132. The summed E-state index contributed by atoms with van der Waals surface area (Å²) in [7, 11) is 1.98. The Hall–Kier alpha value is -2.15. The monoisotopic (exact) mass is 332 g/mol. The molecule has 3 heterocycles. The third-order valence-electron chi connectivity index (χ3n) is 4.57. The molecule has 7 heteroatoms. The first-order valence-electron chi connectivity index (χ1n) is 8.54. The summed E-state index contributed by atoms with van der Waals surface area (Å²) in [5.74, 6) is 1.89. The van der Waals surface area contributed by atoms with Crippen molar-refractivity contribution < 1.29 is 13.7 Å². The molecule has 130 valence electrons. The van der Waals surface area contributed by atoms with Gasteiger partial charge in [0.1, 0.15) is 6.26 Å². The van der Waals surface area contributed by atoms with Gasteiger partial charge in [-0.1, -0.05) is 5.16 Å². The van der Waals surface area contributed by atoms with Crippen LogP contribution in [0.2, 0.25) is 0 Å². The van der Waals surface area contributed by atoms with Gasteiger partial charge in [-0.05, 0) is 44.8 Å². The van der Waals surface area contributed by atoms with Crippen molar-refractivity contribution in [1.29, 1.82) is 0 Å². The maximum Gasteiger partial charge on any atom is 0.227 e. The molecular weight excluding hydrogens is 308 g/mol. The average molecular weight is 332 g/mol. The number of aryl methyl sites for hydroxylation is 1. The van der Waals surface area contributed by atoms with Gasteiger partial charge in [0, 0.05) is 25.9 Å². The van der Waals surface area contributed by atoms with E-state index in [4.69, 9.17) is 8.94 Å². The Bertz CT molecular complexity index is 630. The van der Waals surface area contributed by atoms with E-state index in [-0.39, 0.29) is 5.91 Å². The van der Waals surface area contributed by atoms with Crippen LogP contribution in [-0.2, 0) is 11.2 Å². The lowest BCUT2D eigenvalue weighted by Crippen LogP contribution is -2.39. The van der Waals surface area contributed by atoms with Gasteiger partial charge in [0.2, 0.25) is 17.6 Å². The molecule has 0 spiro atoms. The van der Waals surface area contributed by atoms with E-state index in [0.29, 0.717) is 24.6 Å². The fraction of sp³-hybridized carbons (Fsp3) is 0.588. The van der Waals surface area contributed by atoms with Crippen LogP contribution in [0.3, 0.4) is 0 Å². The van der Waals surface area contributed by atoms with Gasteiger partial charge in [0.05, 0.1) is 11.8 Å². The number of carbonyl (C=O) groups is 1. The topological polar surface area (TPSA) is 84.4 Å². The number of piperidine rings is 1. The van der Waals surface area contributed by atoms with E-state index in [9.17, 15) is 4.79 Å². The Morgan fingerprint density at radius 3 is 2.96 bits per heavy atom. The van der Waals surface area contributed by atoms with Crippen molar-refractivity contribution in [1.82, 2.24) is 20.4 Å². The van der Waals surface area contributed by atoms with Gasteiger partial charge < -0.3 is 19.2 Å². The van der Waals surface area contributed by atoms with Crippen LogP contribution in [0, 0.1) is 5.92 Å². The highest BCUT2D eigenvalue weighted by Gasteiger charge is 2.22. The van der Waals surface area contributed by atoms with Crippen molar-refractivity contribution >= 4 is 5.91 Å². The van der Waals surface area contributed by atoms with Crippen LogP contribution in [0.5, 0.6) is 0 Å². The van der Waals surface area contributed by atoms with E-state index in [1.807, 2.05) is 11.9 Å². The largest absolute Gasteiger partial charge is 0.472 e. The maximum absolute atomic E-state index is 12.3. The number of furan rings is 1. The number of hydrogen-bond acceptors (Lipinski definition) is 6. The van der Waals surface area contributed by atoms with Crippen LogP contribution in [0.25, 0.3) is 11.4 Å². The molecule has 24 heavy (non-hydrogen) atoms. The SMILES string of the molecule is CNCCC1CCN(C(=O)CCc2nc(-c3ccoc3)no2)CC1. The summed E-state index contributed by atoms with van der Waals surface area (Å²) in [6.45, 7) is 2.77. The molecule has 1 amide bonds. The predicted molar refractivity (Wildman–Crippen MR) is 88.2 cm³/mol. The van der Waals surface area contributed by atoms with Crippen molar-refractivity contribution in [2.45, 2.75) is 32.1 Å². The average Bonchev–Trinajstić information content (AvgIpc) is 3.29. The van der Waals surface area contributed by atoms with Gasteiger partial charge in [0.15, 0.2) is 0 Å². The van der Waals surface area contributed by atoms with Gasteiger partial charge in [-0.2, -0.15) is 4.98 Å². The fourth-order valence-electron chi connectivity index (χ4n) is 3.06. The molecule has 0 unspecified atom stereocenters. The number of nitrogens with zero attached hydrogens (tertiary/aromatic N) is 3. The van der Waals surface area contributed by atoms with E-state index in [1.54, 1.807) is 18.6 Å². The molecule has 0 bridgehead atoms. The summed E-state index contributed by atoms with van der Waals surface area (Å²) in [6, 6.07) is 1.78. The maximum atomic E-state index is 12.3. The summed E-state index contributed by atoms with van der Waals surface area (Å²) in [4.78, 5) is 18.6. The number of likely N-dealkylation sites (tertiary alicyclic amines) is 1. The van der Waals surface area contributed by atoms with Crippen LogP contribution in [0.1, 0.15) is 31.6 Å². The zero-order chi connectivity index (χ0) is 16.8. The lowest BCUT2D eigenvalue weighted by Gasteiger charge is -2.32. The quantitative estimate of drug-likeness (QED) is 0.836. The molecule has 1 aliphatic heterocycles. The van der Waals surface area contributed by atoms with E-state index in [0.717, 1.165) is 44.0 Å². The molecule has 2 aromatic heterocycles. The molecule has 0 radical (unpaired) electrons. The molecule has 7 nitrogen and oxygen atoms in total. The van der Waals surface area contributed by atoms with Crippen LogP contribution in [0.4, 0.5) is 0 Å². The highest BCUT2D eigenvalue weighted by molar-refractivity contribution is 5.76. The normalized spacial score (nSPS) is 15.8. The van der Waals surface area contributed by atoms with Crippen molar-refractivity contribution in [2.75, 3.05) is 26.7 Å².